The number of fused-ring (bicyclic) bond motifs is 4. The van der Waals surface area contributed by atoms with Gasteiger partial charge in [0.2, 0.25) is 12.5 Å². The molecule has 1 aromatic carbocycles. The van der Waals surface area contributed by atoms with Gasteiger partial charge in [-0.05, 0) is 17.7 Å². The number of nitrogens with one attached hydrogen (secondary N) is 1. The minimum absolute atomic E-state index is 0.273. The monoisotopic (exact) mass is 305 g/mol. The summed E-state index contributed by atoms with van der Waals surface area (Å²) in [5.41, 5.74) is 1.16. The van der Waals surface area contributed by atoms with E-state index in [-0.39, 0.29) is 6.79 Å². The van der Waals surface area contributed by atoms with Crippen molar-refractivity contribution >= 4 is 0 Å². The van der Waals surface area contributed by atoms with Crippen molar-refractivity contribution in [2.24, 2.45) is 0 Å². The Balaban J connectivity index is 1.36. The molecule has 3 fully saturated rings. The van der Waals surface area contributed by atoms with Crippen molar-refractivity contribution in [2.75, 3.05) is 53.2 Å². The summed E-state index contributed by atoms with van der Waals surface area (Å²) in [6.07, 6.45) is 0. The Hall–Kier alpha value is -1.50. The third-order valence-corrected chi connectivity index (χ3v) is 4.82. The number of hydrogen-bond donors (Lipinski definition) is 1. The first-order chi connectivity index (χ1) is 10.8. The molecule has 1 aromatic rings. The van der Waals surface area contributed by atoms with Crippen LogP contribution in [-0.4, -0.2) is 69.0 Å². The van der Waals surface area contributed by atoms with E-state index in [1.807, 2.05) is 12.1 Å². The van der Waals surface area contributed by atoms with Crippen LogP contribution >= 0.6 is 0 Å². The minimum Gasteiger partial charge on any atom is -0.493 e. The third kappa shape index (κ3) is 2.62. The highest BCUT2D eigenvalue weighted by molar-refractivity contribution is 5.55. The van der Waals surface area contributed by atoms with Crippen molar-refractivity contribution in [1.82, 2.24) is 15.1 Å². The van der Waals surface area contributed by atoms with Gasteiger partial charge in [0, 0.05) is 51.9 Å². The second-order valence-electron chi connectivity index (χ2n) is 6.15. The van der Waals surface area contributed by atoms with Crippen LogP contribution in [0.4, 0.5) is 0 Å². The molecule has 0 amide bonds. The summed E-state index contributed by atoms with van der Waals surface area (Å²) < 4.78 is 16.3. The van der Waals surface area contributed by atoms with E-state index < -0.39 is 0 Å². The van der Waals surface area contributed by atoms with Gasteiger partial charge in [-0.2, -0.15) is 0 Å². The molecular weight excluding hydrogens is 282 g/mol. The van der Waals surface area contributed by atoms with Crippen LogP contribution < -0.4 is 19.5 Å². The van der Waals surface area contributed by atoms with Gasteiger partial charge in [0.1, 0.15) is 0 Å². The van der Waals surface area contributed by atoms with Gasteiger partial charge < -0.3 is 19.5 Å². The van der Waals surface area contributed by atoms with E-state index in [9.17, 15) is 0 Å². The van der Waals surface area contributed by atoms with Gasteiger partial charge in [-0.3, -0.25) is 9.80 Å². The van der Waals surface area contributed by atoms with E-state index in [1.54, 1.807) is 7.11 Å². The normalized spacial score (nSPS) is 28.9. The van der Waals surface area contributed by atoms with Crippen LogP contribution in [0.5, 0.6) is 17.2 Å². The second-order valence-corrected chi connectivity index (χ2v) is 6.15. The molecule has 0 aromatic heterocycles. The maximum atomic E-state index is 5.47. The smallest absolute Gasteiger partial charge is 0.231 e. The predicted molar refractivity (Wildman–Crippen MR) is 82.6 cm³/mol. The van der Waals surface area contributed by atoms with Crippen LogP contribution in [0.2, 0.25) is 0 Å². The molecular formula is C16H23N3O3. The van der Waals surface area contributed by atoms with E-state index in [4.69, 9.17) is 14.2 Å². The lowest BCUT2D eigenvalue weighted by Crippen LogP contribution is -2.63. The number of ether oxygens (including phenoxy) is 3. The van der Waals surface area contributed by atoms with Crippen LogP contribution in [-0.2, 0) is 6.54 Å². The predicted octanol–water partition coefficient (Wildman–Crippen LogP) is 0.513. The molecule has 4 aliphatic heterocycles. The van der Waals surface area contributed by atoms with E-state index in [0.717, 1.165) is 35.9 Å². The highest BCUT2D eigenvalue weighted by Crippen LogP contribution is 2.41. The van der Waals surface area contributed by atoms with Crippen molar-refractivity contribution in [1.29, 1.82) is 0 Å². The standard InChI is InChI=1S/C16H23N3O3/c1-20-14-6-12(7-15-16(14)22-11-21-15)8-17-9-13-10-18-2-4-19(13)5-3-18/h6-7,13,17H,2-5,8-11H2,1H3. The maximum Gasteiger partial charge on any atom is 0.231 e. The molecule has 22 heavy (non-hydrogen) atoms. The highest BCUT2D eigenvalue weighted by Gasteiger charge is 2.31. The lowest BCUT2D eigenvalue weighted by Gasteiger charge is -2.47. The number of hydrogen-bond acceptors (Lipinski definition) is 6. The fourth-order valence-electron chi connectivity index (χ4n) is 3.59. The van der Waals surface area contributed by atoms with E-state index >= 15 is 0 Å². The zero-order valence-corrected chi connectivity index (χ0v) is 13.0. The Morgan fingerprint density at radius 1 is 1.23 bits per heavy atom. The van der Waals surface area contributed by atoms with Crippen LogP contribution in [0.3, 0.4) is 0 Å². The van der Waals surface area contributed by atoms with Gasteiger partial charge in [-0.1, -0.05) is 0 Å². The number of methoxy groups -OCH3 is 1. The van der Waals surface area contributed by atoms with Crippen molar-refractivity contribution < 1.29 is 14.2 Å². The van der Waals surface area contributed by atoms with Gasteiger partial charge in [0.05, 0.1) is 7.11 Å². The number of piperazine rings is 3. The zero-order chi connectivity index (χ0) is 14.9. The molecule has 3 saturated heterocycles. The topological polar surface area (TPSA) is 46.2 Å². The fraction of sp³-hybridized carbons (Fsp3) is 0.625. The van der Waals surface area contributed by atoms with Crippen molar-refractivity contribution in [2.45, 2.75) is 12.6 Å². The fourth-order valence-corrected chi connectivity index (χ4v) is 3.59. The maximum absolute atomic E-state index is 5.47. The molecule has 4 aliphatic rings. The first-order valence-corrected chi connectivity index (χ1v) is 7.97. The summed E-state index contributed by atoms with van der Waals surface area (Å²) >= 11 is 0. The van der Waals surface area contributed by atoms with E-state index in [2.05, 4.69) is 15.1 Å². The molecule has 6 nitrogen and oxygen atoms in total. The molecule has 2 bridgehead atoms. The average molecular weight is 305 g/mol. The summed E-state index contributed by atoms with van der Waals surface area (Å²) in [6.45, 7) is 8.19. The Bertz CT molecular complexity index is 544. The quantitative estimate of drug-likeness (QED) is 0.855. The number of nitrogens with zero attached hydrogens (tertiary/aromatic N) is 2. The van der Waals surface area contributed by atoms with Crippen molar-refractivity contribution in [3.63, 3.8) is 0 Å². The van der Waals surface area contributed by atoms with Crippen LogP contribution in [0.25, 0.3) is 0 Å². The first kappa shape index (κ1) is 14.1. The molecule has 0 radical (unpaired) electrons. The third-order valence-electron chi connectivity index (χ3n) is 4.82. The Kier molecular flexibility index (Phi) is 3.82. The largest absolute Gasteiger partial charge is 0.493 e. The van der Waals surface area contributed by atoms with Crippen molar-refractivity contribution in [3.8, 4) is 17.2 Å². The SMILES string of the molecule is COc1cc(CNCC2CN3CCN2CC3)cc2c1OCO2. The molecule has 1 unspecified atom stereocenters. The molecule has 0 spiro atoms. The number of rotatable bonds is 5. The van der Waals surface area contributed by atoms with Gasteiger partial charge >= 0.3 is 0 Å². The molecule has 5 rings (SSSR count). The summed E-state index contributed by atoms with van der Waals surface area (Å²) in [5.74, 6) is 2.25. The van der Waals surface area contributed by atoms with Crippen LogP contribution in [0.1, 0.15) is 5.56 Å². The van der Waals surface area contributed by atoms with Gasteiger partial charge in [0.25, 0.3) is 0 Å². The van der Waals surface area contributed by atoms with Gasteiger partial charge in [-0.25, -0.2) is 0 Å². The Morgan fingerprint density at radius 3 is 2.82 bits per heavy atom. The summed E-state index contributed by atoms with van der Waals surface area (Å²) in [5, 5.41) is 3.58. The molecule has 120 valence electrons. The lowest BCUT2D eigenvalue weighted by molar-refractivity contribution is 0.0136. The zero-order valence-electron chi connectivity index (χ0n) is 13.0. The summed E-state index contributed by atoms with van der Waals surface area (Å²) in [4.78, 5) is 5.17. The minimum atomic E-state index is 0.273. The van der Waals surface area contributed by atoms with Crippen LogP contribution in [0.15, 0.2) is 12.1 Å². The highest BCUT2D eigenvalue weighted by atomic mass is 16.7. The van der Waals surface area contributed by atoms with Gasteiger partial charge in [0.15, 0.2) is 11.5 Å². The van der Waals surface area contributed by atoms with E-state index in [0.29, 0.717) is 6.04 Å². The second kappa shape index (κ2) is 5.95. The molecule has 6 heteroatoms. The lowest BCUT2D eigenvalue weighted by atomic mass is 10.1. The molecule has 4 heterocycles. The van der Waals surface area contributed by atoms with Crippen molar-refractivity contribution in [3.05, 3.63) is 17.7 Å². The number of benzene rings is 1. The summed E-state index contributed by atoms with van der Waals surface area (Å²) in [7, 11) is 1.66. The summed E-state index contributed by atoms with van der Waals surface area (Å²) in [6, 6.07) is 4.70. The molecule has 0 aliphatic carbocycles. The van der Waals surface area contributed by atoms with E-state index in [1.165, 1.54) is 32.7 Å². The molecule has 0 saturated carbocycles. The average Bonchev–Trinajstić information content (AvgIpc) is 3.04. The Labute approximate surface area is 130 Å². The van der Waals surface area contributed by atoms with Gasteiger partial charge in [-0.15, -0.1) is 0 Å². The molecule has 1 N–H and O–H groups in total. The molecule has 1 atom stereocenters. The Morgan fingerprint density at radius 2 is 2.09 bits per heavy atom. The van der Waals surface area contributed by atoms with Crippen LogP contribution in [0, 0.1) is 0 Å². The first-order valence-electron chi connectivity index (χ1n) is 7.97.